The molecule has 4 heteroatoms. The van der Waals surface area contributed by atoms with Gasteiger partial charge in [0.05, 0.1) is 11.1 Å². The van der Waals surface area contributed by atoms with Crippen LogP contribution in [0.5, 0.6) is 0 Å². The number of benzene rings is 1. The van der Waals surface area contributed by atoms with Crippen molar-refractivity contribution in [1.29, 1.82) is 0 Å². The molecule has 1 rings (SSSR count). The summed E-state index contributed by atoms with van der Waals surface area (Å²) in [4.78, 5) is 0. The Morgan fingerprint density at radius 1 is 1.50 bits per heavy atom. The van der Waals surface area contributed by atoms with Crippen molar-refractivity contribution in [2.45, 2.75) is 32.4 Å². The molecule has 1 aromatic carbocycles. The summed E-state index contributed by atoms with van der Waals surface area (Å²) < 4.78 is 18.9. The normalized spacial score (nSPS) is 14.8. The van der Waals surface area contributed by atoms with Gasteiger partial charge in [-0.1, -0.05) is 23.7 Å². The van der Waals surface area contributed by atoms with Crippen LogP contribution in [0.15, 0.2) is 18.2 Å². The monoisotopic (exact) mass is 245 g/mol. The highest BCUT2D eigenvalue weighted by Gasteiger charge is 2.16. The number of halogens is 2. The fraction of sp³-hybridized carbons (Fsp3) is 0.500. The zero-order chi connectivity index (χ0) is 12.1. The smallest absolute Gasteiger partial charge is 0.145 e. The van der Waals surface area contributed by atoms with Gasteiger partial charge in [0.15, 0.2) is 0 Å². The number of ether oxygens (including phenoxy) is 1. The van der Waals surface area contributed by atoms with Crippen LogP contribution in [0, 0.1) is 5.82 Å². The van der Waals surface area contributed by atoms with E-state index in [2.05, 4.69) is 0 Å². The van der Waals surface area contributed by atoms with Crippen LogP contribution in [-0.2, 0) is 11.2 Å². The Hall–Kier alpha value is -0.640. The van der Waals surface area contributed by atoms with Crippen molar-refractivity contribution in [2.24, 2.45) is 5.73 Å². The van der Waals surface area contributed by atoms with Crippen molar-refractivity contribution in [3.8, 4) is 0 Å². The molecular weight excluding hydrogens is 229 g/mol. The molecular formula is C12H17ClFNO. The van der Waals surface area contributed by atoms with Crippen molar-refractivity contribution < 1.29 is 9.13 Å². The molecule has 2 atom stereocenters. The Labute approximate surface area is 101 Å². The maximum Gasteiger partial charge on any atom is 0.145 e. The van der Waals surface area contributed by atoms with E-state index in [4.69, 9.17) is 22.1 Å². The highest BCUT2D eigenvalue weighted by atomic mass is 35.5. The van der Waals surface area contributed by atoms with E-state index in [1.807, 2.05) is 13.8 Å². The van der Waals surface area contributed by atoms with Gasteiger partial charge in [0, 0.05) is 12.6 Å². The van der Waals surface area contributed by atoms with Gasteiger partial charge in [-0.2, -0.15) is 0 Å². The first-order chi connectivity index (χ1) is 7.56. The molecule has 0 saturated carbocycles. The van der Waals surface area contributed by atoms with Crippen molar-refractivity contribution in [3.63, 3.8) is 0 Å². The number of rotatable bonds is 5. The second kappa shape index (κ2) is 6.18. The zero-order valence-electron chi connectivity index (χ0n) is 9.54. The summed E-state index contributed by atoms with van der Waals surface area (Å²) in [5.74, 6) is -0.386. The summed E-state index contributed by atoms with van der Waals surface area (Å²) in [6, 6.07) is 4.71. The quantitative estimate of drug-likeness (QED) is 0.866. The number of nitrogens with two attached hydrogens (primary N) is 1. The van der Waals surface area contributed by atoms with Crippen molar-refractivity contribution >= 4 is 11.6 Å². The van der Waals surface area contributed by atoms with Crippen LogP contribution in [0.25, 0.3) is 0 Å². The molecule has 0 spiro atoms. The Morgan fingerprint density at radius 2 is 2.19 bits per heavy atom. The van der Waals surface area contributed by atoms with Gasteiger partial charge in [-0.3, -0.25) is 0 Å². The van der Waals surface area contributed by atoms with E-state index in [9.17, 15) is 4.39 Å². The summed E-state index contributed by atoms with van der Waals surface area (Å²) in [5.41, 5.74) is 6.45. The van der Waals surface area contributed by atoms with Crippen molar-refractivity contribution in [1.82, 2.24) is 0 Å². The molecule has 0 fully saturated rings. The lowest BCUT2D eigenvalue weighted by molar-refractivity contribution is 0.0575. The SMILES string of the molecule is CCOC(C)C(N)Cc1cccc(Cl)c1F. The molecule has 2 N–H and O–H groups in total. The van der Waals surface area contributed by atoms with E-state index in [1.54, 1.807) is 12.1 Å². The molecule has 0 aliphatic carbocycles. The minimum absolute atomic E-state index is 0.0941. The third-order valence-electron chi connectivity index (χ3n) is 2.52. The van der Waals surface area contributed by atoms with Gasteiger partial charge in [0.1, 0.15) is 5.82 Å². The highest BCUT2D eigenvalue weighted by Crippen LogP contribution is 2.19. The van der Waals surface area contributed by atoms with Crippen molar-refractivity contribution in [2.75, 3.05) is 6.61 Å². The van der Waals surface area contributed by atoms with Gasteiger partial charge in [-0.15, -0.1) is 0 Å². The van der Waals surface area contributed by atoms with Gasteiger partial charge in [-0.25, -0.2) is 4.39 Å². The minimum Gasteiger partial charge on any atom is -0.377 e. The molecule has 90 valence electrons. The van der Waals surface area contributed by atoms with Gasteiger partial charge in [-0.05, 0) is 31.9 Å². The fourth-order valence-corrected chi connectivity index (χ4v) is 1.71. The first-order valence-electron chi connectivity index (χ1n) is 5.36. The molecule has 0 aliphatic rings. The Balaban J connectivity index is 2.69. The van der Waals surface area contributed by atoms with Gasteiger partial charge >= 0.3 is 0 Å². The molecule has 2 unspecified atom stereocenters. The van der Waals surface area contributed by atoms with Crippen LogP contribution >= 0.6 is 11.6 Å². The van der Waals surface area contributed by atoms with E-state index in [0.29, 0.717) is 18.6 Å². The summed E-state index contributed by atoms with van der Waals surface area (Å²) >= 11 is 5.69. The third-order valence-corrected chi connectivity index (χ3v) is 2.81. The lowest BCUT2D eigenvalue weighted by atomic mass is 10.0. The third kappa shape index (κ3) is 3.44. The highest BCUT2D eigenvalue weighted by molar-refractivity contribution is 6.30. The van der Waals surface area contributed by atoms with E-state index in [-0.39, 0.29) is 23.0 Å². The maximum atomic E-state index is 13.6. The van der Waals surface area contributed by atoms with Crippen LogP contribution in [0.2, 0.25) is 5.02 Å². The van der Waals surface area contributed by atoms with Crippen LogP contribution in [-0.4, -0.2) is 18.8 Å². The zero-order valence-corrected chi connectivity index (χ0v) is 10.3. The topological polar surface area (TPSA) is 35.2 Å². The average molecular weight is 246 g/mol. The first-order valence-corrected chi connectivity index (χ1v) is 5.74. The molecule has 1 aromatic rings. The Bertz CT molecular complexity index is 346. The largest absolute Gasteiger partial charge is 0.377 e. The van der Waals surface area contributed by atoms with Gasteiger partial charge < -0.3 is 10.5 Å². The number of hydrogen-bond acceptors (Lipinski definition) is 2. The minimum atomic E-state index is -0.386. The second-order valence-electron chi connectivity index (χ2n) is 3.74. The summed E-state index contributed by atoms with van der Waals surface area (Å²) in [7, 11) is 0. The van der Waals surface area contributed by atoms with Crippen LogP contribution in [0.3, 0.4) is 0 Å². The lowest BCUT2D eigenvalue weighted by Crippen LogP contribution is -2.36. The van der Waals surface area contributed by atoms with E-state index in [0.717, 1.165) is 0 Å². The predicted octanol–water partition coefficient (Wildman–Crippen LogP) is 2.77. The summed E-state index contributed by atoms with van der Waals surface area (Å²) in [5, 5.41) is 0.133. The molecule has 0 radical (unpaired) electrons. The standard InChI is InChI=1S/C12H17ClFNO/c1-3-16-8(2)11(15)7-9-5-4-6-10(13)12(9)14/h4-6,8,11H,3,7,15H2,1-2H3. The molecule has 2 nitrogen and oxygen atoms in total. The summed E-state index contributed by atoms with van der Waals surface area (Å²) in [6.07, 6.45) is 0.330. The molecule has 0 heterocycles. The average Bonchev–Trinajstić information content (AvgIpc) is 2.25. The number of hydrogen-bond donors (Lipinski definition) is 1. The second-order valence-corrected chi connectivity index (χ2v) is 4.15. The maximum absolute atomic E-state index is 13.6. The Morgan fingerprint density at radius 3 is 2.81 bits per heavy atom. The van der Waals surface area contributed by atoms with E-state index in [1.165, 1.54) is 6.07 Å². The molecule has 0 aliphatic heterocycles. The Kier molecular flexibility index (Phi) is 5.19. The predicted molar refractivity (Wildman–Crippen MR) is 64.2 cm³/mol. The van der Waals surface area contributed by atoms with Gasteiger partial charge in [0.2, 0.25) is 0 Å². The van der Waals surface area contributed by atoms with Crippen LogP contribution in [0.1, 0.15) is 19.4 Å². The van der Waals surface area contributed by atoms with Crippen LogP contribution in [0.4, 0.5) is 4.39 Å². The first kappa shape index (κ1) is 13.4. The fourth-order valence-electron chi connectivity index (χ4n) is 1.51. The molecule has 16 heavy (non-hydrogen) atoms. The summed E-state index contributed by atoms with van der Waals surface area (Å²) in [6.45, 7) is 4.40. The van der Waals surface area contributed by atoms with E-state index >= 15 is 0 Å². The van der Waals surface area contributed by atoms with Crippen LogP contribution < -0.4 is 5.73 Å². The molecule has 0 amide bonds. The van der Waals surface area contributed by atoms with E-state index < -0.39 is 0 Å². The molecule has 0 saturated heterocycles. The van der Waals surface area contributed by atoms with Crippen molar-refractivity contribution in [3.05, 3.63) is 34.6 Å². The molecule has 0 aromatic heterocycles. The lowest BCUT2D eigenvalue weighted by Gasteiger charge is -2.20. The van der Waals surface area contributed by atoms with Gasteiger partial charge in [0.25, 0.3) is 0 Å². The molecule has 0 bridgehead atoms.